The van der Waals surface area contributed by atoms with Crippen LogP contribution in [-0.4, -0.2) is 45.9 Å². The summed E-state index contributed by atoms with van der Waals surface area (Å²) in [5, 5.41) is -0.192. The summed E-state index contributed by atoms with van der Waals surface area (Å²) in [6, 6.07) is 0.794. The molecule has 2 aromatic rings. The minimum atomic E-state index is -4.62. The van der Waals surface area contributed by atoms with Gasteiger partial charge in [-0.15, -0.1) is 0 Å². The number of aromatic nitrogens is 2. The Morgan fingerprint density at radius 3 is 2.48 bits per heavy atom. The van der Waals surface area contributed by atoms with Gasteiger partial charge in [-0.05, 0) is 25.8 Å². The van der Waals surface area contributed by atoms with E-state index in [4.69, 9.17) is 16.3 Å². The monoisotopic (exact) mass is 433 g/mol. The molecule has 2 heterocycles. The molecular formula is C19H23ClF3N3O3. The lowest BCUT2D eigenvalue weighted by atomic mass is 10.2. The lowest BCUT2D eigenvalue weighted by molar-refractivity contribution is -0.143. The third kappa shape index (κ3) is 5.20. The van der Waals surface area contributed by atoms with Gasteiger partial charge in [-0.2, -0.15) is 13.2 Å². The van der Waals surface area contributed by atoms with E-state index in [9.17, 15) is 22.8 Å². The third-order valence-electron chi connectivity index (χ3n) is 4.28. The molecule has 0 bridgehead atoms. The second-order valence-electron chi connectivity index (χ2n) is 6.38. The Hall–Kier alpha value is -2.29. The number of nitrogens with zero attached hydrogens (tertiary/aromatic N) is 3. The number of esters is 1. The van der Waals surface area contributed by atoms with Gasteiger partial charge in [0.2, 0.25) is 0 Å². The van der Waals surface area contributed by atoms with Crippen LogP contribution in [0.3, 0.4) is 0 Å². The molecule has 0 aliphatic heterocycles. The zero-order valence-electron chi connectivity index (χ0n) is 16.5. The zero-order valence-corrected chi connectivity index (χ0v) is 17.2. The molecule has 2 aromatic heterocycles. The first-order valence-corrected chi connectivity index (χ1v) is 9.74. The highest BCUT2D eigenvalue weighted by Gasteiger charge is 2.33. The fraction of sp³-hybridized carbons (Fsp3) is 0.526. The number of ether oxygens (including phenoxy) is 1. The van der Waals surface area contributed by atoms with Gasteiger partial charge in [0, 0.05) is 19.3 Å². The molecule has 2 rings (SSSR count). The Morgan fingerprint density at radius 2 is 1.93 bits per heavy atom. The van der Waals surface area contributed by atoms with Gasteiger partial charge >= 0.3 is 12.1 Å². The summed E-state index contributed by atoms with van der Waals surface area (Å²) < 4.78 is 45.7. The highest BCUT2D eigenvalue weighted by Crippen LogP contribution is 2.33. The maximum atomic E-state index is 13.2. The second kappa shape index (κ2) is 9.47. The number of fused-ring (bicyclic) bond motifs is 1. The summed E-state index contributed by atoms with van der Waals surface area (Å²) in [6.45, 7) is 5.95. The van der Waals surface area contributed by atoms with Gasteiger partial charge in [0.1, 0.15) is 5.69 Å². The Morgan fingerprint density at radius 1 is 1.24 bits per heavy atom. The molecular weight excluding hydrogens is 411 g/mol. The van der Waals surface area contributed by atoms with Crippen molar-refractivity contribution in [1.29, 1.82) is 0 Å². The van der Waals surface area contributed by atoms with Crippen LogP contribution in [0.25, 0.3) is 5.65 Å². The van der Waals surface area contributed by atoms with Crippen LogP contribution in [0.5, 0.6) is 0 Å². The fourth-order valence-corrected chi connectivity index (χ4v) is 3.22. The van der Waals surface area contributed by atoms with E-state index >= 15 is 0 Å². The van der Waals surface area contributed by atoms with Gasteiger partial charge in [0.25, 0.3) is 5.91 Å². The van der Waals surface area contributed by atoms with Crippen molar-refractivity contribution in [2.45, 2.75) is 46.2 Å². The highest BCUT2D eigenvalue weighted by molar-refractivity contribution is 6.33. The summed E-state index contributed by atoms with van der Waals surface area (Å²) in [5.74, 6) is -0.950. The molecule has 0 saturated carbocycles. The number of pyridine rings is 1. The molecule has 0 aliphatic carbocycles. The first-order chi connectivity index (χ1) is 13.6. The van der Waals surface area contributed by atoms with E-state index in [1.54, 1.807) is 13.8 Å². The summed E-state index contributed by atoms with van der Waals surface area (Å²) >= 11 is 6.02. The molecule has 0 radical (unpaired) electrons. The molecule has 10 heteroatoms. The second-order valence-corrected chi connectivity index (χ2v) is 6.78. The summed E-state index contributed by atoms with van der Waals surface area (Å²) in [5.41, 5.74) is -0.527. The number of halogens is 4. The van der Waals surface area contributed by atoms with E-state index in [1.807, 2.05) is 6.92 Å². The topological polar surface area (TPSA) is 63.9 Å². The Bertz CT molecular complexity index is 896. The molecule has 0 fully saturated rings. The van der Waals surface area contributed by atoms with Crippen LogP contribution in [0.1, 0.15) is 55.4 Å². The SMILES string of the molecule is CCCN(CCC(=O)OCC)C(=O)c1c(CC)nc2c(Cl)cc(C(F)(F)F)cn12. The Balaban J connectivity index is 2.51. The van der Waals surface area contributed by atoms with Gasteiger partial charge in [-0.25, -0.2) is 4.98 Å². The van der Waals surface area contributed by atoms with Gasteiger partial charge in [-0.1, -0.05) is 25.4 Å². The molecule has 0 aromatic carbocycles. The van der Waals surface area contributed by atoms with E-state index in [0.717, 1.165) is 16.7 Å². The third-order valence-corrected chi connectivity index (χ3v) is 4.56. The van der Waals surface area contributed by atoms with Crippen molar-refractivity contribution in [3.05, 3.63) is 34.2 Å². The van der Waals surface area contributed by atoms with Crippen molar-refractivity contribution in [1.82, 2.24) is 14.3 Å². The Kier molecular flexibility index (Phi) is 7.51. The lowest BCUT2D eigenvalue weighted by Crippen LogP contribution is -2.35. The molecule has 0 N–H and O–H groups in total. The predicted octanol–water partition coefficient (Wildman–Crippen LogP) is 4.37. The van der Waals surface area contributed by atoms with Crippen LogP contribution in [0.4, 0.5) is 13.2 Å². The predicted molar refractivity (Wildman–Crippen MR) is 102 cm³/mol. The first-order valence-electron chi connectivity index (χ1n) is 9.36. The van der Waals surface area contributed by atoms with Gasteiger partial charge in [-0.3, -0.25) is 14.0 Å². The van der Waals surface area contributed by atoms with Crippen molar-refractivity contribution in [2.75, 3.05) is 19.7 Å². The number of aryl methyl sites for hydroxylation is 1. The van der Waals surface area contributed by atoms with E-state index in [-0.39, 0.29) is 35.9 Å². The maximum absolute atomic E-state index is 13.2. The average Bonchev–Trinajstić information content (AvgIpc) is 3.03. The number of hydrogen-bond acceptors (Lipinski definition) is 4. The number of carbonyl (C=O) groups excluding carboxylic acids is 2. The number of imidazole rings is 1. The normalized spacial score (nSPS) is 11.7. The molecule has 29 heavy (non-hydrogen) atoms. The summed E-state index contributed by atoms with van der Waals surface area (Å²) in [4.78, 5) is 30.6. The van der Waals surface area contributed by atoms with Crippen LogP contribution < -0.4 is 0 Å². The quantitative estimate of drug-likeness (QED) is 0.580. The molecule has 1 amide bonds. The largest absolute Gasteiger partial charge is 0.466 e. The standard InChI is InChI=1S/C19H23ClF3N3O3/c1-4-8-25(9-7-15(27)29-6-3)18(28)16-14(5-2)24-17-13(20)10-12(11-26(16)17)19(21,22)23/h10-11H,4-9H2,1-3H3. The zero-order chi connectivity index (χ0) is 21.8. The molecule has 0 spiro atoms. The van der Waals surface area contributed by atoms with Crippen molar-refractivity contribution < 1.29 is 27.5 Å². The van der Waals surface area contributed by atoms with E-state index < -0.39 is 23.6 Å². The van der Waals surface area contributed by atoms with Crippen molar-refractivity contribution >= 4 is 29.1 Å². The van der Waals surface area contributed by atoms with Crippen molar-refractivity contribution in [2.24, 2.45) is 0 Å². The van der Waals surface area contributed by atoms with Crippen LogP contribution in [0.2, 0.25) is 5.02 Å². The van der Waals surface area contributed by atoms with Crippen LogP contribution in [0, 0.1) is 0 Å². The molecule has 0 atom stereocenters. The number of carbonyl (C=O) groups is 2. The minimum Gasteiger partial charge on any atom is -0.466 e. The summed E-state index contributed by atoms with van der Waals surface area (Å²) in [7, 11) is 0. The number of amides is 1. The van der Waals surface area contributed by atoms with E-state index in [1.165, 1.54) is 4.90 Å². The minimum absolute atomic E-state index is 0.00761. The van der Waals surface area contributed by atoms with Crippen LogP contribution in [-0.2, 0) is 22.1 Å². The van der Waals surface area contributed by atoms with Crippen LogP contribution in [0.15, 0.2) is 12.3 Å². The number of rotatable bonds is 8. The average molecular weight is 434 g/mol. The molecule has 0 saturated heterocycles. The highest BCUT2D eigenvalue weighted by atomic mass is 35.5. The fourth-order valence-electron chi connectivity index (χ4n) is 2.97. The lowest BCUT2D eigenvalue weighted by Gasteiger charge is -2.22. The number of alkyl halides is 3. The van der Waals surface area contributed by atoms with E-state index in [2.05, 4.69) is 4.98 Å². The maximum Gasteiger partial charge on any atom is 0.417 e. The molecule has 160 valence electrons. The van der Waals surface area contributed by atoms with Gasteiger partial charge < -0.3 is 9.64 Å². The van der Waals surface area contributed by atoms with Crippen molar-refractivity contribution in [3.63, 3.8) is 0 Å². The molecule has 0 unspecified atom stereocenters. The van der Waals surface area contributed by atoms with Crippen molar-refractivity contribution in [3.8, 4) is 0 Å². The smallest absolute Gasteiger partial charge is 0.417 e. The molecule has 0 aliphatic rings. The first kappa shape index (κ1) is 23.0. The molecule has 6 nitrogen and oxygen atoms in total. The Labute approximate surface area is 171 Å². The number of hydrogen-bond donors (Lipinski definition) is 0. The van der Waals surface area contributed by atoms with Crippen LogP contribution >= 0.6 is 11.6 Å². The van der Waals surface area contributed by atoms with Gasteiger partial charge in [0.05, 0.1) is 29.3 Å². The van der Waals surface area contributed by atoms with Gasteiger partial charge in [0.15, 0.2) is 5.65 Å². The summed E-state index contributed by atoms with van der Waals surface area (Å²) in [6.07, 6.45) is -2.86. The van der Waals surface area contributed by atoms with E-state index in [0.29, 0.717) is 25.1 Å².